The highest BCUT2D eigenvalue weighted by Gasteiger charge is 2.60. The first kappa shape index (κ1) is 10.7. The van der Waals surface area contributed by atoms with Gasteiger partial charge in [0.1, 0.15) is 6.04 Å². The molecule has 1 aliphatic carbocycles. The second-order valence-corrected chi connectivity index (χ2v) is 5.09. The second-order valence-electron chi connectivity index (χ2n) is 3.61. The lowest BCUT2D eigenvalue weighted by Gasteiger charge is -2.24. The lowest BCUT2D eigenvalue weighted by molar-refractivity contribution is 0.0223. The minimum Gasteiger partial charge on any atom is -0.464 e. The number of carboxylic acid groups (broad SMARTS) is 1. The van der Waals surface area contributed by atoms with Crippen molar-refractivity contribution in [3.63, 3.8) is 0 Å². The molecule has 0 radical (unpaired) electrons. The van der Waals surface area contributed by atoms with Crippen molar-refractivity contribution in [2.24, 2.45) is 0 Å². The van der Waals surface area contributed by atoms with Gasteiger partial charge in [-0.2, -0.15) is 12.7 Å². The lowest BCUT2D eigenvalue weighted by atomic mass is 10.1. The van der Waals surface area contributed by atoms with Crippen LogP contribution in [-0.2, 0) is 19.2 Å². The minimum absolute atomic E-state index is 0.164. The lowest BCUT2D eigenvalue weighted by Crippen LogP contribution is -2.47. The third kappa shape index (κ3) is 1.48. The van der Waals surface area contributed by atoms with E-state index in [1.807, 2.05) is 0 Å². The van der Waals surface area contributed by atoms with E-state index >= 15 is 0 Å². The molecule has 15 heavy (non-hydrogen) atoms. The van der Waals surface area contributed by atoms with Gasteiger partial charge in [0.15, 0.2) is 0 Å². The number of carbonyl (C=O) groups is 1. The van der Waals surface area contributed by atoms with E-state index in [2.05, 4.69) is 4.18 Å². The van der Waals surface area contributed by atoms with Crippen LogP contribution in [0.15, 0.2) is 0 Å². The zero-order chi connectivity index (χ0) is 11.3. The molecule has 0 aromatic heterocycles. The third-order valence-corrected chi connectivity index (χ3v) is 4.17. The molecule has 2 rings (SSSR count). The quantitative estimate of drug-likeness (QED) is 0.714. The van der Waals surface area contributed by atoms with Crippen molar-refractivity contribution in [3.05, 3.63) is 0 Å². The maximum atomic E-state index is 11.3. The molecule has 1 unspecified atom stereocenters. The first-order valence-electron chi connectivity index (χ1n) is 4.40. The Labute approximate surface area is 86.8 Å². The molecule has 1 N–H and O–H groups in total. The van der Waals surface area contributed by atoms with Gasteiger partial charge in [0.05, 0.1) is 12.2 Å². The van der Waals surface area contributed by atoms with Gasteiger partial charge in [-0.25, -0.2) is 4.79 Å². The van der Waals surface area contributed by atoms with E-state index in [0.29, 0.717) is 17.1 Å². The minimum atomic E-state index is -4.13. The average Bonchev–Trinajstić information content (AvgIpc) is 2.85. The summed E-state index contributed by atoms with van der Waals surface area (Å²) in [4.78, 5) is 10.8. The molecule has 0 aromatic rings. The van der Waals surface area contributed by atoms with Gasteiger partial charge in [-0.15, -0.1) is 0 Å². The molecule has 8 heteroatoms. The van der Waals surface area contributed by atoms with Crippen LogP contribution < -0.4 is 0 Å². The molecule has 1 atom stereocenters. The summed E-state index contributed by atoms with van der Waals surface area (Å²) >= 11 is 0. The van der Waals surface area contributed by atoms with Crippen molar-refractivity contribution in [1.82, 2.24) is 4.31 Å². The summed E-state index contributed by atoms with van der Waals surface area (Å²) in [6.45, 7) is -0.164. The van der Waals surface area contributed by atoms with E-state index in [1.165, 1.54) is 7.11 Å². The molecule has 1 amide bonds. The molecule has 0 bridgehead atoms. The monoisotopic (exact) mass is 237 g/mol. The average molecular weight is 237 g/mol. The van der Waals surface area contributed by atoms with Crippen LogP contribution in [0.1, 0.15) is 12.8 Å². The maximum absolute atomic E-state index is 11.3. The summed E-state index contributed by atoms with van der Waals surface area (Å²) in [5, 5.41) is 8.82. The van der Waals surface area contributed by atoms with Gasteiger partial charge in [0.2, 0.25) is 0 Å². The highest BCUT2D eigenvalue weighted by molar-refractivity contribution is 7.85. The van der Waals surface area contributed by atoms with Gasteiger partial charge in [-0.05, 0) is 12.8 Å². The highest BCUT2D eigenvalue weighted by Crippen LogP contribution is 2.46. The van der Waals surface area contributed by atoms with Crippen LogP contribution in [-0.4, -0.2) is 49.3 Å². The Morgan fingerprint density at radius 2 is 2.20 bits per heavy atom. The van der Waals surface area contributed by atoms with E-state index < -0.39 is 28.0 Å². The Bertz CT molecular complexity index is 386. The fourth-order valence-corrected chi connectivity index (χ4v) is 2.99. The Balaban J connectivity index is 2.31. The van der Waals surface area contributed by atoms with Gasteiger partial charge in [-0.3, -0.25) is 4.18 Å². The molecule has 86 valence electrons. The Kier molecular flexibility index (Phi) is 2.18. The van der Waals surface area contributed by atoms with E-state index in [0.717, 1.165) is 0 Å². The Hall–Kier alpha value is -0.860. The normalized spacial score (nSPS) is 31.5. The molecule has 2 fully saturated rings. The van der Waals surface area contributed by atoms with E-state index in [-0.39, 0.29) is 6.61 Å². The SMILES string of the molecule is COC1(C2COS(=O)(=O)N2C(=O)O)CC1. The van der Waals surface area contributed by atoms with Crippen molar-refractivity contribution in [2.75, 3.05) is 13.7 Å². The topological polar surface area (TPSA) is 93.1 Å². The summed E-state index contributed by atoms with van der Waals surface area (Å²) in [5.74, 6) is 0. The van der Waals surface area contributed by atoms with Crippen molar-refractivity contribution < 1.29 is 27.2 Å². The van der Waals surface area contributed by atoms with Crippen molar-refractivity contribution in [1.29, 1.82) is 0 Å². The smallest absolute Gasteiger partial charge is 0.423 e. The van der Waals surface area contributed by atoms with Crippen molar-refractivity contribution >= 4 is 16.4 Å². The molecular formula is C7H11NO6S. The summed E-state index contributed by atoms with van der Waals surface area (Å²) in [5.41, 5.74) is -0.679. The molecule has 1 saturated carbocycles. The molecule has 0 spiro atoms. The first-order valence-corrected chi connectivity index (χ1v) is 5.76. The number of rotatable bonds is 2. The number of nitrogens with zero attached hydrogens (tertiary/aromatic N) is 1. The van der Waals surface area contributed by atoms with Crippen LogP contribution in [0, 0.1) is 0 Å². The van der Waals surface area contributed by atoms with Crippen LogP contribution in [0.25, 0.3) is 0 Å². The van der Waals surface area contributed by atoms with Gasteiger partial charge in [0.25, 0.3) is 0 Å². The van der Waals surface area contributed by atoms with Gasteiger partial charge >= 0.3 is 16.4 Å². The molecule has 7 nitrogen and oxygen atoms in total. The zero-order valence-electron chi connectivity index (χ0n) is 8.04. The number of hydrogen-bond acceptors (Lipinski definition) is 5. The van der Waals surface area contributed by atoms with Crippen molar-refractivity contribution in [3.8, 4) is 0 Å². The van der Waals surface area contributed by atoms with E-state index in [1.54, 1.807) is 0 Å². The van der Waals surface area contributed by atoms with Gasteiger partial charge < -0.3 is 9.84 Å². The van der Waals surface area contributed by atoms with Crippen LogP contribution in [0.3, 0.4) is 0 Å². The summed E-state index contributed by atoms with van der Waals surface area (Å²) in [7, 11) is -2.69. The number of amides is 1. The van der Waals surface area contributed by atoms with Crippen LogP contribution in [0.2, 0.25) is 0 Å². The molecule has 0 aromatic carbocycles. The fourth-order valence-electron chi connectivity index (χ4n) is 1.82. The predicted octanol–water partition coefficient (Wildman–Crippen LogP) is -0.211. The third-order valence-electron chi connectivity index (χ3n) is 2.84. The largest absolute Gasteiger partial charge is 0.464 e. The van der Waals surface area contributed by atoms with Gasteiger partial charge in [-0.1, -0.05) is 0 Å². The Morgan fingerprint density at radius 1 is 1.60 bits per heavy atom. The number of ether oxygens (including phenoxy) is 1. The van der Waals surface area contributed by atoms with E-state index in [4.69, 9.17) is 9.84 Å². The zero-order valence-corrected chi connectivity index (χ0v) is 8.86. The summed E-state index contributed by atoms with van der Waals surface area (Å²) < 4.78 is 32.5. The standard InChI is InChI=1S/C7H11NO6S/c1-13-7(2-3-7)5-4-14-15(11,12)8(5)6(9)10/h5H,2-4H2,1H3,(H,9,10). The molecule has 1 saturated heterocycles. The number of hydrogen-bond donors (Lipinski definition) is 1. The predicted molar refractivity (Wildman–Crippen MR) is 47.5 cm³/mol. The summed E-state index contributed by atoms with van der Waals surface area (Å²) in [6.07, 6.45) is -0.228. The Morgan fingerprint density at radius 3 is 2.60 bits per heavy atom. The molecule has 1 aliphatic heterocycles. The maximum Gasteiger partial charge on any atom is 0.423 e. The highest BCUT2D eigenvalue weighted by atomic mass is 32.2. The second kappa shape index (κ2) is 3.06. The fraction of sp³-hybridized carbons (Fsp3) is 0.857. The van der Waals surface area contributed by atoms with Crippen LogP contribution in [0.4, 0.5) is 4.79 Å². The van der Waals surface area contributed by atoms with Crippen LogP contribution >= 0.6 is 0 Å². The van der Waals surface area contributed by atoms with Gasteiger partial charge in [0, 0.05) is 7.11 Å². The molecule has 2 aliphatic rings. The number of methoxy groups -OCH3 is 1. The van der Waals surface area contributed by atoms with Crippen molar-refractivity contribution in [2.45, 2.75) is 24.5 Å². The first-order chi connectivity index (χ1) is 6.93. The van der Waals surface area contributed by atoms with E-state index in [9.17, 15) is 13.2 Å². The molecular weight excluding hydrogens is 226 g/mol. The molecule has 1 heterocycles. The van der Waals surface area contributed by atoms with Crippen LogP contribution in [0.5, 0.6) is 0 Å². The summed E-state index contributed by atoms with van der Waals surface area (Å²) in [6, 6.07) is -0.759.